The number of carboxylic acids is 1. The Kier molecular flexibility index (Phi) is 4.21. The molecule has 1 N–H and O–H groups in total. The van der Waals surface area contributed by atoms with Crippen LogP contribution in [-0.4, -0.2) is 11.1 Å². The molecule has 0 bridgehead atoms. The van der Waals surface area contributed by atoms with Crippen molar-refractivity contribution < 1.29 is 18.7 Å². The molecule has 0 unspecified atom stereocenters. The Balaban J connectivity index is 2.37. The highest BCUT2D eigenvalue weighted by Crippen LogP contribution is 2.34. The van der Waals surface area contributed by atoms with E-state index in [0.29, 0.717) is 4.90 Å². The van der Waals surface area contributed by atoms with Gasteiger partial charge < -0.3 is 5.11 Å². The second-order valence-electron chi connectivity index (χ2n) is 3.60. The zero-order chi connectivity index (χ0) is 14.0. The molecule has 0 aliphatic heterocycles. The molecule has 0 radical (unpaired) electrons. The minimum absolute atomic E-state index is 0.110. The lowest BCUT2D eigenvalue weighted by Crippen LogP contribution is -2.00. The molecule has 0 amide bonds. The first-order valence-electron chi connectivity index (χ1n) is 5.13. The van der Waals surface area contributed by atoms with Crippen molar-refractivity contribution >= 4 is 33.7 Å². The van der Waals surface area contributed by atoms with E-state index in [0.717, 1.165) is 11.8 Å². The fraction of sp³-hybridized carbons (Fsp3) is 0. The van der Waals surface area contributed by atoms with E-state index in [1.807, 2.05) is 0 Å². The summed E-state index contributed by atoms with van der Waals surface area (Å²) >= 11 is 3.94. The zero-order valence-corrected chi connectivity index (χ0v) is 11.8. The minimum atomic E-state index is -1.21. The molecule has 0 aliphatic rings. The summed E-state index contributed by atoms with van der Waals surface area (Å²) < 4.78 is 26.9. The normalized spacial score (nSPS) is 10.5. The van der Waals surface area contributed by atoms with Gasteiger partial charge in [-0.05, 0) is 46.3 Å². The van der Waals surface area contributed by atoms with Gasteiger partial charge in [-0.1, -0.05) is 17.8 Å². The molecule has 0 atom stereocenters. The summed E-state index contributed by atoms with van der Waals surface area (Å²) in [5.74, 6) is -2.30. The fourth-order valence-electron chi connectivity index (χ4n) is 1.43. The molecule has 98 valence electrons. The summed E-state index contributed by atoms with van der Waals surface area (Å²) in [5.41, 5.74) is -0.152. The van der Waals surface area contributed by atoms with Crippen LogP contribution in [0.1, 0.15) is 10.4 Å². The summed E-state index contributed by atoms with van der Waals surface area (Å²) in [4.78, 5) is 11.6. The zero-order valence-electron chi connectivity index (χ0n) is 9.36. The van der Waals surface area contributed by atoms with Crippen LogP contribution in [0.4, 0.5) is 8.78 Å². The Morgan fingerprint density at radius 2 is 1.95 bits per heavy atom. The lowest BCUT2D eigenvalue weighted by molar-refractivity contribution is 0.0695. The average Bonchev–Trinajstić information content (AvgIpc) is 2.35. The highest BCUT2D eigenvalue weighted by molar-refractivity contribution is 9.10. The molecule has 0 spiro atoms. The summed E-state index contributed by atoms with van der Waals surface area (Å²) in [6.45, 7) is 0. The van der Waals surface area contributed by atoms with Gasteiger partial charge >= 0.3 is 5.97 Å². The molecule has 2 aromatic rings. The maximum absolute atomic E-state index is 14.0. The first-order chi connectivity index (χ1) is 8.99. The van der Waals surface area contributed by atoms with Crippen molar-refractivity contribution in [2.45, 2.75) is 9.79 Å². The van der Waals surface area contributed by atoms with Gasteiger partial charge in [0.1, 0.15) is 5.82 Å². The van der Waals surface area contributed by atoms with Gasteiger partial charge in [0.15, 0.2) is 5.82 Å². The maximum Gasteiger partial charge on any atom is 0.336 e. The Bertz CT molecular complexity index is 647. The lowest BCUT2D eigenvalue weighted by Gasteiger charge is -2.07. The predicted octanol–water partition coefficient (Wildman–Crippen LogP) is 4.58. The molecule has 0 aromatic heterocycles. The van der Waals surface area contributed by atoms with Crippen molar-refractivity contribution in [3.05, 3.63) is 58.1 Å². The standard InChI is InChI=1S/C13H7BrF2O2S/c14-11-9(13(17)18)4-5-10(12(11)16)19-8-3-1-2-7(15)6-8/h1-6H,(H,17,18). The van der Waals surface area contributed by atoms with E-state index in [1.54, 1.807) is 6.07 Å². The molecular weight excluding hydrogens is 338 g/mol. The monoisotopic (exact) mass is 344 g/mol. The van der Waals surface area contributed by atoms with E-state index in [-0.39, 0.29) is 14.9 Å². The van der Waals surface area contributed by atoms with Gasteiger partial charge in [-0.2, -0.15) is 0 Å². The smallest absolute Gasteiger partial charge is 0.336 e. The van der Waals surface area contributed by atoms with Crippen LogP contribution in [0.5, 0.6) is 0 Å². The molecule has 0 fully saturated rings. The second-order valence-corrected chi connectivity index (χ2v) is 5.51. The molecule has 2 rings (SSSR count). The van der Waals surface area contributed by atoms with Crippen molar-refractivity contribution in [2.75, 3.05) is 0 Å². The van der Waals surface area contributed by atoms with Crippen molar-refractivity contribution in [3.8, 4) is 0 Å². The van der Waals surface area contributed by atoms with Crippen LogP contribution >= 0.6 is 27.7 Å². The Labute approximate surface area is 120 Å². The third kappa shape index (κ3) is 3.13. The summed E-state index contributed by atoms with van der Waals surface area (Å²) in [5, 5.41) is 8.85. The van der Waals surface area contributed by atoms with E-state index in [4.69, 9.17) is 5.11 Å². The SMILES string of the molecule is O=C(O)c1ccc(Sc2cccc(F)c2)c(F)c1Br. The van der Waals surface area contributed by atoms with Crippen LogP contribution in [0.2, 0.25) is 0 Å². The van der Waals surface area contributed by atoms with E-state index in [9.17, 15) is 13.6 Å². The van der Waals surface area contributed by atoms with Gasteiger partial charge in [0, 0.05) is 9.79 Å². The number of rotatable bonds is 3. The first-order valence-corrected chi connectivity index (χ1v) is 6.74. The van der Waals surface area contributed by atoms with Gasteiger partial charge in [-0.3, -0.25) is 0 Å². The van der Waals surface area contributed by atoms with Crippen molar-refractivity contribution in [2.24, 2.45) is 0 Å². The van der Waals surface area contributed by atoms with Crippen LogP contribution in [0, 0.1) is 11.6 Å². The highest BCUT2D eigenvalue weighted by Gasteiger charge is 2.16. The predicted molar refractivity (Wildman–Crippen MR) is 71.6 cm³/mol. The minimum Gasteiger partial charge on any atom is -0.478 e. The quantitative estimate of drug-likeness (QED) is 0.885. The average molecular weight is 345 g/mol. The van der Waals surface area contributed by atoms with Crippen LogP contribution in [0.25, 0.3) is 0 Å². The number of carboxylic acid groups (broad SMARTS) is 1. The molecule has 19 heavy (non-hydrogen) atoms. The first kappa shape index (κ1) is 14.0. The van der Waals surface area contributed by atoms with Crippen LogP contribution in [-0.2, 0) is 0 Å². The van der Waals surface area contributed by atoms with Gasteiger partial charge in [0.25, 0.3) is 0 Å². The molecule has 2 nitrogen and oxygen atoms in total. The maximum atomic E-state index is 14.0. The van der Waals surface area contributed by atoms with E-state index in [2.05, 4.69) is 15.9 Å². The van der Waals surface area contributed by atoms with Gasteiger partial charge in [-0.25, -0.2) is 13.6 Å². The summed E-state index contributed by atoms with van der Waals surface area (Å²) in [6.07, 6.45) is 0. The van der Waals surface area contributed by atoms with E-state index in [1.165, 1.54) is 30.3 Å². The van der Waals surface area contributed by atoms with Gasteiger partial charge in [-0.15, -0.1) is 0 Å². The van der Waals surface area contributed by atoms with Crippen LogP contribution in [0.3, 0.4) is 0 Å². The Hall–Kier alpha value is -1.40. The molecule has 0 heterocycles. The Morgan fingerprint density at radius 3 is 2.58 bits per heavy atom. The number of halogens is 3. The fourth-order valence-corrected chi connectivity index (χ4v) is 2.98. The van der Waals surface area contributed by atoms with Crippen molar-refractivity contribution in [3.63, 3.8) is 0 Å². The van der Waals surface area contributed by atoms with E-state index < -0.39 is 17.6 Å². The number of hydrogen-bond donors (Lipinski definition) is 1. The molecule has 6 heteroatoms. The highest BCUT2D eigenvalue weighted by atomic mass is 79.9. The van der Waals surface area contributed by atoms with Gasteiger partial charge in [0.05, 0.1) is 10.0 Å². The van der Waals surface area contributed by atoms with Crippen LogP contribution < -0.4 is 0 Å². The topological polar surface area (TPSA) is 37.3 Å². The van der Waals surface area contributed by atoms with Crippen molar-refractivity contribution in [1.82, 2.24) is 0 Å². The van der Waals surface area contributed by atoms with Gasteiger partial charge in [0.2, 0.25) is 0 Å². The third-order valence-corrected chi connectivity index (χ3v) is 4.10. The molecule has 0 saturated carbocycles. The Morgan fingerprint density at radius 1 is 1.21 bits per heavy atom. The third-order valence-electron chi connectivity index (χ3n) is 2.30. The number of aromatic carboxylic acids is 1. The molecular formula is C13H7BrF2O2S. The summed E-state index contributed by atoms with van der Waals surface area (Å²) in [6, 6.07) is 8.41. The molecule has 0 aliphatic carbocycles. The number of benzene rings is 2. The second kappa shape index (κ2) is 5.71. The molecule has 0 saturated heterocycles. The number of hydrogen-bond acceptors (Lipinski definition) is 2. The van der Waals surface area contributed by atoms with Crippen LogP contribution in [0.15, 0.2) is 50.7 Å². The van der Waals surface area contributed by atoms with E-state index >= 15 is 0 Å². The molecule has 2 aromatic carbocycles. The number of carbonyl (C=O) groups is 1. The summed E-state index contributed by atoms with van der Waals surface area (Å²) in [7, 11) is 0. The lowest BCUT2D eigenvalue weighted by atomic mass is 10.2. The van der Waals surface area contributed by atoms with Crippen molar-refractivity contribution in [1.29, 1.82) is 0 Å². The largest absolute Gasteiger partial charge is 0.478 e.